The van der Waals surface area contributed by atoms with E-state index < -0.39 is 5.91 Å². The molecule has 1 aromatic carbocycles. The molecule has 0 saturated carbocycles. The summed E-state index contributed by atoms with van der Waals surface area (Å²) in [4.78, 5) is 31.5. The summed E-state index contributed by atoms with van der Waals surface area (Å²) in [7, 11) is 0. The molecular weight excluding hydrogens is 404 g/mol. The molecule has 0 bridgehead atoms. The number of nitrogens with one attached hydrogen (secondary N) is 1. The molecule has 0 fully saturated rings. The van der Waals surface area contributed by atoms with E-state index >= 15 is 0 Å². The van der Waals surface area contributed by atoms with Crippen LogP contribution >= 0.6 is 11.3 Å². The smallest absolute Gasteiger partial charge is 0.262 e. The number of aromatic hydroxyl groups is 1. The summed E-state index contributed by atoms with van der Waals surface area (Å²) in [6.07, 6.45) is 6.96. The zero-order valence-electron chi connectivity index (χ0n) is 16.6. The summed E-state index contributed by atoms with van der Waals surface area (Å²) >= 11 is 1.58. The van der Waals surface area contributed by atoms with E-state index in [1.807, 2.05) is 6.92 Å². The summed E-state index contributed by atoms with van der Waals surface area (Å²) in [5.41, 5.74) is 3.99. The topological polar surface area (TPSA) is 106 Å². The number of benzene rings is 1. The molecule has 0 saturated heterocycles. The fraction of sp³-hybridized carbons (Fsp3) is 0.333. The second kappa shape index (κ2) is 8.66. The van der Waals surface area contributed by atoms with Gasteiger partial charge in [0.15, 0.2) is 11.5 Å². The molecule has 8 nitrogen and oxygen atoms in total. The second-order valence-corrected chi connectivity index (χ2v) is 8.11. The minimum Gasteiger partial charge on any atom is -0.504 e. The summed E-state index contributed by atoms with van der Waals surface area (Å²) < 4.78 is 6.64. The molecule has 2 N–H and O–H groups in total. The fourth-order valence-electron chi connectivity index (χ4n) is 3.54. The van der Waals surface area contributed by atoms with E-state index in [-0.39, 0.29) is 17.9 Å². The van der Waals surface area contributed by atoms with Gasteiger partial charge in [0.05, 0.1) is 24.5 Å². The van der Waals surface area contributed by atoms with Crippen LogP contribution in [0.4, 0.5) is 0 Å². The van der Waals surface area contributed by atoms with Crippen LogP contribution in [0.25, 0.3) is 10.2 Å². The number of phenolic OH excluding ortho intramolecular Hbond substituents is 1. The van der Waals surface area contributed by atoms with E-state index in [4.69, 9.17) is 4.74 Å². The van der Waals surface area contributed by atoms with E-state index in [2.05, 4.69) is 15.5 Å². The molecule has 0 unspecified atom stereocenters. The van der Waals surface area contributed by atoms with Gasteiger partial charge in [-0.15, -0.1) is 11.3 Å². The number of nitrogens with zero attached hydrogens (tertiary/aromatic N) is 3. The van der Waals surface area contributed by atoms with Crippen LogP contribution in [-0.4, -0.2) is 33.4 Å². The Labute approximate surface area is 176 Å². The quantitative estimate of drug-likeness (QED) is 0.466. The Morgan fingerprint density at radius 1 is 1.40 bits per heavy atom. The first-order valence-corrected chi connectivity index (χ1v) is 10.7. The maximum atomic E-state index is 12.9. The van der Waals surface area contributed by atoms with Crippen LogP contribution in [0, 0.1) is 0 Å². The normalized spacial score (nSPS) is 13.5. The molecule has 3 aromatic rings. The lowest BCUT2D eigenvalue weighted by atomic mass is 9.97. The second-order valence-electron chi connectivity index (χ2n) is 7.02. The van der Waals surface area contributed by atoms with Crippen molar-refractivity contribution in [1.82, 2.24) is 15.0 Å². The highest BCUT2D eigenvalue weighted by molar-refractivity contribution is 7.18. The number of carbonyl (C=O) groups excluding carboxylic acids is 1. The van der Waals surface area contributed by atoms with Gasteiger partial charge >= 0.3 is 0 Å². The Kier molecular flexibility index (Phi) is 5.80. The van der Waals surface area contributed by atoms with Crippen molar-refractivity contribution in [2.45, 2.75) is 39.2 Å². The Bertz CT molecular complexity index is 1180. The van der Waals surface area contributed by atoms with Crippen molar-refractivity contribution in [1.29, 1.82) is 0 Å². The molecule has 0 atom stereocenters. The Balaban J connectivity index is 1.46. The maximum absolute atomic E-state index is 12.9. The molecular formula is C21H22N4O4S. The van der Waals surface area contributed by atoms with Crippen molar-refractivity contribution < 1.29 is 14.6 Å². The standard InChI is InChI=1S/C21H22N4O4S/c1-2-29-16-9-13(7-8-15(16)26)10-23-24-18(27)11-25-12-22-20-19(21(25)28)14-5-3-4-6-17(14)30-20/h7-10,12,26H,2-6,11H2,1H3,(H,24,27). The maximum Gasteiger partial charge on any atom is 0.262 e. The van der Waals surface area contributed by atoms with Gasteiger partial charge < -0.3 is 9.84 Å². The van der Waals surface area contributed by atoms with Gasteiger partial charge in [-0.25, -0.2) is 10.4 Å². The minimum atomic E-state index is -0.428. The Morgan fingerprint density at radius 3 is 3.07 bits per heavy atom. The first kappa shape index (κ1) is 20.1. The number of fused-ring (bicyclic) bond motifs is 3. The third kappa shape index (κ3) is 4.06. The van der Waals surface area contributed by atoms with E-state index in [0.29, 0.717) is 23.3 Å². The van der Waals surface area contributed by atoms with Crippen LogP contribution in [0.5, 0.6) is 11.5 Å². The zero-order chi connectivity index (χ0) is 21.1. The van der Waals surface area contributed by atoms with Crippen LogP contribution < -0.4 is 15.7 Å². The predicted octanol–water partition coefficient (Wildman–Crippen LogP) is 2.59. The number of hydrogen-bond acceptors (Lipinski definition) is 7. The van der Waals surface area contributed by atoms with Gasteiger partial charge in [0.25, 0.3) is 11.5 Å². The molecule has 1 aliphatic rings. The molecule has 156 valence electrons. The number of aromatic nitrogens is 2. The SMILES string of the molecule is CCOc1cc(C=NNC(=O)Cn2cnc3sc4c(c3c2=O)CCCC4)ccc1O. The average molecular weight is 426 g/mol. The van der Waals surface area contributed by atoms with Crippen LogP contribution in [0.3, 0.4) is 0 Å². The van der Waals surface area contributed by atoms with Crippen molar-refractivity contribution in [2.75, 3.05) is 6.61 Å². The van der Waals surface area contributed by atoms with Gasteiger partial charge in [0.1, 0.15) is 11.4 Å². The van der Waals surface area contributed by atoms with Crippen LogP contribution in [-0.2, 0) is 24.2 Å². The molecule has 4 rings (SSSR count). The van der Waals surface area contributed by atoms with Gasteiger partial charge in [-0.1, -0.05) is 0 Å². The van der Waals surface area contributed by atoms with Gasteiger partial charge in [-0.05, 0) is 61.9 Å². The third-order valence-electron chi connectivity index (χ3n) is 4.94. The first-order valence-electron chi connectivity index (χ1n) is 9.84. The van der Waals surface area contributed by atoms with Crippen molar-refractivity contribution in [3.8, 4) is 11.5 Å². The lowest BCUT2D eigenvalue weighted by molar-refractivity contribution is -0.121. The summed E-state index contributed by atoms with van der Waals surface area (Å²) in [5, 5.41) is 14.3. The van der Waals surface area contributed by atoms with Crippen molar-refractivity contribution in [3.63, 3.8) is 0 Å². The number of carbonyl (C=O) groups is 1. The summed E-state index contributed by atoms with van der Waals surface area (Å²) in [6, 6.07) is 4.77. The Morgan fingerprint density at radius 2 is 2.23 bits per heavy atom. The molecule has 9 heteroatoms. The highest BCUT2D eigenvalue weighted by Gasteiger charge is 2.20. The monoisotopic (exact) mass is 426 g/mol. The number of rotatable bonds is 6. The number of hydrogen-bond donors (Lipinski definition) is 2. The van der Waals surface area contributed by atoms with Crippen molar-refractivity contribution in [3.05, 3.63) is 50.9 Å². The van der Waals surface area contributed by atoms with Crippen molar-refractivity contribution in [2.24, 2.45) is 5.10 Å². The van der Waals surface area contributed by atoms with Crippen LogP contribution in [0.2, 0.25) is 0 Å². The summed E-state index contributed by atoms with van der Waals surface area (Å²) in [5.74, 6) is -0.0453. The Hall–Kier alpha value is -3.20. The van der Waals surface area contributed by atoms with Gasteiger partial charge in [0.2, 0.25) is 0 Å². The fourth-order valence-corrected chi connectivity index (χ4v) is 4.76. The zero-order valence-corrected chi connectivity index (χ0v) is 17.4. The molecule has 2 heterocycles. The average Bonchev–Trinajstić information content (AvgIpc) is 3.12. The van der Waals surface area contributed by atoms with E-state index in [0.717, 1.165) is 36.1 Å². The molecule has 1 aliphatic carbocycles. The molecule has 2 aromatic heterocycles. The van der Waals surface area contributed by atoms with Crippen molar-refractivity contribution >= 4 is 33.7 Å². The van der Waals surface area contributed by atoms with Crippen LogP contribution in [0.1, 0.15) is 35.8 Å². The predicted molar refractivity (Wildman–Crippen MR) is 116 cm³/mol. The molecule has 30 heavy (non-hydrogen) atoms. The highest BCUT2D eigenvalue weighted by atomic mass is 32.1. The number of hydrazone groups is 1. The van der Waals surface area contributed by atoms with E-state index in [1.54, 1.807) is 23.5 Å². The molecule has 0 spiro atoms. The van der Waals surface area contributed by atoms with E-state index in [9.17, 15) is 14.7 Å². The molecule has 1 amide bonds. The molecule has 0 aliphatic heterocycles. The lowest BCUT2D eigenvalue weighted by Gasteiger charge is -2.10. The number of ether oxygens (including phenoxy) is 1. The first-order chi connectivity index (χ1) is 14.6. The lowest BCUT2D eigenvalue weighted by Crippen LogP contribution is -2.30. The number of amides is 1. The summed E-state index contributed by atoms with van der Waals surface area (Å²) in [6.45, 7) is 2.08. The number of aryl methyl sites for hydroxylation is 2. The van der Waals surface area contributed by atoms with Gasteiger partial charge in [-0.2, -0.15) is 5.10 Å². The van der Waals surface area contributed by atoms with E-state index in [1.165, 1.54) is 28.1 Å². The highest BCUT2D eigenvalue weighted by Crippen LogP contribution is 2.33. The van der Waals surface area contributed by atoms with Gasteiger partial charge in [-0.3, -0.25) is 14.2 Å². The third-order valence-corrected chi connectivity index (χ3v) is 6.14. The minimum absolute atomic E-state index is 0.0379. The number of thiophene rings is 1. The number of phenols is 1. The largest absolute Gasteiger partial charge is 0.504 e. The molecule has 0 radical (unpaired) electrons. The van der Waals surface area contributed by atoms with Crippen LogP contribution in [0.15, 0.2) is 34.4 Å². The van der Waals surface area contributed by atoms with Gasteiger partial charge in [0, 0.05) is 4.88 Å².